The molecule has 0 aromatic heterocycles. The first-order valence-corrected chi connectivity index (χ1v) is 9.14. The number of rotatable bonds is 4. The summed E-state index contributed by atoms with van der Waals surface area (Å²) < 4.78 is 4.73. The number of nitrogens with zero attached hydrogens (tertiary/aromatic N) is 1. The molecule has 3 unspecified atom stereocenters. The molecule has 0 radical (unpaired) electrons. The molecule has 1 aromatic carbocycles. The number of para-hydroxylation sites is 1. The Balaban J connectivity index is 1.61. The molecule has 1 fully saturated rings. The van der Waals surface area contributed by atoms with E-state index < -0.39 is 29.5 Å². The standard InChI is InChI=1S/C16H21N5O4S/c1-3-25-16(24)20-13(22)9-8-17-21(2)12(9)19-14(23)15-18-10-6-4-5-7-11(10)26-15/h4-7,9,12,15,17-18H,3,8H2,1-2H3,(H,19,23)(H,20,22,24). The topological polar surface area (TPSA) is 112 Å². The highest BCUT2D eigenvalue weighted by molar-refractivity contribution is 8.01. The Labute approximate surface area is 155 Å². The fourth-order valence-corrected chi connectivity index (χ4v) is 3.87. The lowest BCUT2D eigenvalue weighted by atomic mass is 10.1. The van der Waals surface area contributed by atoms with Crippen LogP contribution in [0.2, 0.25) is 0 Å². The quantitative estimate of drug-likeness (QED) is 0.592. The molecule has 0 bridgehead atoms. The normalized spacial score (nSPS) is 24.5. The Morgan fingerprint density at radius 3 is 2.81 bits per heavy atom. The Bertz CT molecular complexity index is 691. The molecule has 4 N–H and O–H groups in total. The van der Waals surface area contributed by atoms with Gasteiger partial charge in [0.1, 0.15) is 6.17 Å². The predicted molar refractivity (Wildman–Crippen MR) is 96.1 cm³/mol. The third-order valence-electron chi connectivity index (χ3n) is 4.14. The maximum Gasteiger partial charge on any atom is 0.413 e. The number of carbonyl (C=O) groups excluding carboxylic acids is 3. The summed E-state index contributed by atoms with van der Waals surface area (Å²) in [5, 5.41) is 9.39. The van der Waals surface area contributed by atoms with Crippen LogP contribution in [-0.2, 0) is 14.3 Å². The van der Waals surface area contributed by atoms with Crippen LogP contribution in [0.5, 0.6) is 0 Å². The fourth-order valence-electron chi connectivity index (χ4n) is 2.84. The van der Waals surface area contributed by atoms with Crippen LogP contribution in [0.3, 0.4) is 0 Å². The number of hydrazine groups is 1. The molecule has 0 saturated carbocycles. The molecule has 1 aromatic rings. The fraction of sp³-hybridized carbons (Fsp3) is 0.438. The van der Waals surface area contributed by atoms with Crippen molar-refractivity contribution in [3.63, 3.8) is 0 Å². The van der Waals surface area contributed by atoms with E-state index in [1.54, 1.807) is 19.0 Å². The zero-order valence-electron chi connectivity index (χ0n) is 14.4. The zero-order valence-corrected chi connectivity index (χ0v) is 15.3. The SMILES string of the molecule is CCOC(=O)NC(=O)C1CNN(C)C1NC(=O)C1Nc2ccccc2S1. The van der Waals surface area contributed by atoms with Crippen molar-refractivity contribution in [1.29, 1.82) is 0 Å². The number of anilines is 1. The van der Waals surface area contributed by atoms with E-state index in [9.17, 15) is 14.4 Å². The Morgan fingerprint density at radius 2 is 2.08 bits per heavy atom. The summed E-state index contributed by atoms with van der Waals surface area (Å²) >= 11 is 1.42. The van der Waals surface area contributed by atoms with E-state index in [1.165, 1.54) is 11.8 Å². The summed E-state index contributed by atoms with van der Waals surface area (Å²) in [5.74, 6) is -1.36. The van der Waals surface area contributed by atoms with Crippen molar-refractivity contribution in [2.75, 3.05) is 25.5 Å². The van der Waals surface area contributed by atoms with Gasteiger partial charge in [-0.1, -0.05) is 23.9 Å². The number of carbonyl (C=O) groups is 3. The molecule has 3 atom stereocenters. The minimum absolute atomic E-state index is 0.174. The van der Waals surface area contributed by atoms with Crippen molar-refractivity contribution in [3.8, 4) is 0 Å². The van der Waals surface area contributed by atoms with Gasteiger partial charge in [0.05, 0.1) is 12.5 Å². The summed E-state index contributed by atoms with van der Waals surface area (Å²) in [5.41, 5.74) is 3.91. The zero-order chi connectivity index (χ0) is 18.7. The average molecular weight is 379 g/mol. The molecule has 3 rings (SSSR count). The van der Waals surface area contributed by atoms with E-state index >= 15 is 0 Å². The Morgan fingerprint density at radius 1 is 1.31 bits per heavy atom. The maximum atomic E-state index is 12.6. The van der Waals surface area contributed by atoms with Gasteiger partial charge in [-0.05, 0) is 19.1 Å². The van der Waals surface area contributed by atoms with Gasteiger partial charge in [-0.15, -0.1) is 0 Å². The minimum Gasteiger partial charge on any atom is -0.450 e. The van der Waals surface area contributed by atoms with E-state index in [-0.39, 0.29) is 12.5 Å². The van der Waals surface area contributed by atoms with Crippen molar-refractivity contribution in [2.45, 2.75) is 23.4 Å². The molecule has 26 heavy (non-hydrogen) atoms. The number of ether oxygens (including phenoxy) is 1. The number of thioether (sulfide) groups is 1. The lowest BCUT2D eigenvalue weighted by Crippen LogP contribution is -2.54. The van der Waals surface area contributed by atoms with Gasteiger partial charge in [0.2, 0.25) is 5.91 Å². The lowest BCUT2D eigenvalue weighted by molar-refractivity contribution is -0.126. The van der Waals surface area contributed by atoms with E-state index in [4.69, 9.17) is 4.74 Å². The number of amides is 3. The van der Waals surface area contributed by atoms with Gasteiger partial charge >= 0.3 is 6.09 Å². The van der Waals surface area contributed by atoms with Gasteiger partial charge in [0, 0.05) is 24.2 Å². The highest BCUT2D eigenvalue weighted by atomic mass is 32.2. The molecule has 2 aliphatic heterocycles. The number of alkyl carbamates (subject to hydrolysis) is 1. The second-order valence-electron chi connectivity index (χ2n) is 5.88. The number of imide groups is 1. The second-order valence-corrected chi connectivity index (χ2v) is 7.03. The lowest BCUT2D eigenvalue weighted by Gasteiger charge is -2.25. The third-order valence-corrected chi connectivity index (χ3v) is 5.32. The van der Waals surface area contributed by atoms with Crippen molar-refractivity contribution in [3.05, 3.63) is 24.3 Å². The maximum absolute atomic E-state index is 12.6. The van der Waals surface area contributed by atoms with Crippen molar-refractivity contribution < 1.29 is 19.1 Å². The molecule has 0 spiro atoms. The van der Waals surface area contributed by atoms with Crippen LogP contribution < -0.4 is 21.4 Å². The molecule has 10 heteroatoms. The van der Waals surface area contributed by atoms with Crippen LogP contribution in [0.15, 0.2) is 29.2 Å². The molecule has 3 amide bonds. The van der Waals surface area contributed by atoms with Gasteiger partial charge in [0.25, 0.3) is 5.91 Å². The number of fused-ring (bicyclic) bond motifs is 1. The Hall–Kier alpha value is -2.30. The van der Waals surface area contributed by atoms with Crippen LogP contribution in [0, 0.1) is 5.92 Å². The molecule has 0 aliphatic carbocycles. The highest BCUT2D eigenvalue weighted by Crippen LogP contribution is 2.38. The largest absolute Gasteiger partial charge is 0.450 e. The van der Waals surface area contributed by atoms with E-state index in [0.717, 1.165) is 10.6 Å². The average Bonchev–Trinajstić information content (AvgIpc) is 3.19. The minimum atomic E-state index is -0.791. The predicted octanol–water partition coefficient (Wildman–Crippen LogP) is 0.312. The van der Waals surface area contributed by atoms with Crippen LogP contribution in [0.1, 0.15) is 6.92 Å². The Kier molecular flexibility index (Phi) is 5.64. The van der Waals surface area contributed by atoms with E-state index in [2.05, 4.69) is 21.4 Å². The van der Waals surface area contributed by atoms with Gasteiger partial charge in [-0.2, -0.15) is 0 Å². The summed E-state index contributed by atoms with van der Waals surface area (Å²) in [6.45, 7) is 2.13. The van der Waals surface area contributed by atoms with Gasteiger partial charge < -0.3 is 15.4 Å². The second kappa shape index (κ2) is 7.94. The smallest absolute Gasteiger partial charge is 0.413 e. The summed E-state index contributed by atoms with van der Waals surface area (Å²) in [6, 6.07) is 7.67. The van der Waals surface area contributed by atoms with Crippen LogP contribution in [0.25, 0.3) is 0 Å². The monoisotopic (exact) mass is 379 g/mol. The van der Waals surface area contributed by atoms with Gasteiger partial charge in [-0.3, -0.25) is 20.3 Å². The van der Waals surface area contributed by atoms with Crippen molar-refractivity contribution >= 4 is 35.4 Å². The number of hydrogen-bond donors (Lipinski definition) is 4. The van der Waals surface area contributed by atoms with Crippen LogP contribution in [-0.4, -0.2) is 54.7 Å². The summed E-state index contributed by atoms with van der Waals surface area (Å²) in [4.78, 5) is 37.4. The molecule has 2 aliphatic rings. The molecular weight excluding hydrogens is 358 g/mol. The van der Waals surface area contributed by atoms with Crippen molar-refractivity contribution in [2.24, 2.45) is 5.92 Å². The van der Waals surface area contributed by atoms with E-state index in [1.807, 2.05) is 24.3 Å². The number of nitrogens with one attached hydrogen (secondary N) is 4. The summed E-state index contributed by atoms with van der Waals surface area (Å²) in [7, 11) is 1.73. The molecule has 2 heterocycles. The first-order valence-electron chi connectivity index (χ1n) is 8.26. The van der Waals surface area contributed by atoms with Crippen LogP contribution in [0.4, 0.5) is 10.5 Å². The molecule has 140 valence electrons. The first kappa shape index (κ1) is 18.5. The molecule has 9 nitrogen and oxygen atoms in total. The number of hydrogen-bond acceptors (Lipinski definition) is 8. The van der Waals surface area contributed by atoms with Gasteiger partial charge in [-0.25, -0.2) is 9.80 Å². The highest BCUT2D eigenvalue weighted by Gasteiger charge is 2.40. The molecule has 1 saturated heterocycles. The third kappa shape index (κ3) is 3.92. The van der Waals surface area contributed by atoms with Crippen molar-refractivity contribution in [1.82, 2.24) is 21.1 Å². The van der Waals surface area contributed by atoms with Gasteiger partial charge in [0.15, 0.2) is 5.37 Å². The van der Waals surface area contributed by atoms with E-state index in [0.29, 0.717) is 6.54 Å². The number of benzene rings is 1. The van der Waals surface area contributed by atoms with Crippen LogP contribution >= 0.6 is 11.8 Å². The first-order chi connectivity index (χ1) is 12.5. The molecular formula is C16H21N5O4S. The summed E-state index contributed by atoms with van der Waals surface area (Å²) in [6.07, 6.45) is -1.37.